The normalized spacial score (nSPS) is 22.1. The minimum atomic E-state index is -2.90. The number of rotatable bonds is 11. The van der Waals surface area contributed by atoms with E-state index in [4.69, 9.17) is 23.2 Å². The molecule has 0 saturated heterocycles. The van der Waals surface area contributed by atoms with Crippen molar-refractivity contribution in [3.63, 3.8) is 0 Å². The molecule has 4 atom stereocenters. The Kier molecular flexibility index (Phi) is 10.4. The molecule has 0 bridgehead atoms. The Hall–Kier alpha value is -4.97. The zero-order valence-electron chi connectivity index (χ0n) is 33.8. The van der Waals surface area contributed by atoms with Crippen LogP contribution in [0.4, 0.5) is 0 Å². The minimum absolute atomic E-state index is 0.0109. The summed E-state index contributed by atoms with van der Waals surface area (Å²) in [4.78, 5) is 33.4. The van der Waals surface area contributed by atoms with Gasteiger partial charge in [0.1, 0.15) is 36.0 Å². The van der Waals surface area contributed by atoms with Gasteiger partial charge in [-0.05, 0) is 80.3 Å². The zero-order chi connectivity index (χ0) is 40.2. The van der Waals surface area contributed by atoms with Gasteiger partial charge in [0, 0.05) is 22.6 Å². The van der Waals surface area contributed by atoms with Gasteiger partial charge in [-0.2, -0.15) is 0 Å². The van der Waals surface area contributed by atoms with Crippen LogP contribution >= 0.6 is 0 Å². The number of hydrogen-bond acceptors (Lipinski definition) is 10. The summed E-state index contributed by atoms with van der Waals surface area (Å²) >= 11 is 0. The van der Waals surface area contributed by atoms with E-state index in [-0.39, 0.29) is 41.0 Å². The highest BCUT2D eigenvalue weighted by atomic mass is 28.4. The quantitative estimate of drug-likeness (QED) is 0.117. The fourth-order valence-corrected chi connectivity index (χ4v) is 9.81. The van der Waals surface area contributed by atoms with Gasteiger partial charge in [-0.1, -0.05) is 93.6 Å². The first-order valence-electron chi connectivity index (χ1n) is 19.2. The maximum absolute atomic E-state index is 15.9. The average molecular weight is 777 g/mol. The highest BCUT2D eigenvalue weighted by Gasteiger charge is 2.69. The molecule has 7 rings (SSSR count). The van der Waals surface area contributed by atoms with Gasteiger partial charge in [0.2, 0.25) is 11.6 Å². The molecule has 0 spiro atoms. The van der Waals surface area contributed by atoms with Gasteiger partial charge in [0.15, 0.2) is 19.7 Å². The lowest BCUT2D eigenvalue weighted by Gasteiger charge is -2.55. The van der Waals surface area contributed by atoms with Crippen LogP contribution in [0, 0.1) is 11.8 Å². The van der Waals surface area contributed by atoms with Crippen molar-refractivity contribution in [1.82, 2.24) is 10.1 Å². The summed E-state index contributed by atoms with van der Waals surface area (Å²) in [5.41, 5.74) is 1.89. The SMILES string of the molecule is C/C=C/c1cc(OC)c2c(c1OCc1ccccc1)C(O)=C1C(=O)C3(O[Si](C)(C)C(C)(C)C)C(=O)c4c(OCc5ccccc5)noc4[C@@H](N(C)C)[C@@H]3C[C@@H]1C2. The molecule has 0 radical (unpaired) electrons. The van der Waals surface area contributed by atoms with Gasteiger partial charge in [-0.3, -0.25) is 14.5 Å². The van der Waals surface area contributed by atoms with Crippen LogP contribution < -0.4 is 14.2 Å². The van der Waals surface area contributed by atoms with Gasteiger partial charge in [-0.15, -0.1) is 0 Å². The number of carbonyl (C=O) groups excluding carboxylic acids is 2. The van der Waals surface area contributed by atoms with Gasteiger partial charge in [0.05, 0.1) is 18.7 Å². The highest BCUT2D eigenvalue weighted by Crippen LogP contribution is 2.59. The van der Waals surface area contributed by atoms with Crippen molar-refractivity contribution in [2.24, 2.45) is 11.8 Å². The molecule has 3 aliphatic carbocycles. The van der Waals surface area contributed by atoms with E-state index in [1.807, 2.05) is 118 Å². The number of aliphatic hydroxyl groups excluding tert-OH is 1. The number of benzene rings is 3. The summed E-state index contributed by atoms with van der Waals surface area (Å²) in [6, 6.07) is 20.7. The van der Waals surface area contributed by atoms with E-state index in [0.717, 1.165) is 16.7 Å². The first-order chi connectivity index (χ1) is 26.6. The van der Waals surface area contributed by atoms with E-state index in [2.05, 4.69) is 25.9 Å². The molecule has 3 aliphatic rings. The molecular weight excluding hydrogens is 725 g/mol. The van der Waals surface area contributed by atoms with E-state index in [1.54, 1.807) is 7.11 Å². The standard InChI is InChI=1S/C45H52N2O8Si/c1-10-17-29-24-33(51-7)31-22-30-23-32-37(47(5)6)40-36(43(46-54-40)53-26-28-20-15-12-16-21-28)42(50)45(32,55-56(8,9)44(2,3)4)41(49)34(30)38(48)35(31)39(29)52-25-27-18-13-11-14-19-27/h10-21,24,30,32,37,48H,22-23,25-26H2,1-9H3/b17-10+/t30-,32-,37-,45?/m0/s1. The molecule has 3 aromatic carbocycles. The molecule has 4 aromatic rings. The Morgan fingerprint density at radius 2 is 1.59 bits per heavy atom. The molecule has 1 heterocycles. The second-order valence-electron chi connectivity index (χ2n) is 16.8. The minimum Gasteiger partial charge on any atom is -0.507 e. The van der Waals surface area contributed by atoms with Crippen molar-refractivity contribution in [1.29, 1.82) is 0 Å². The Balaban J connectivity index is 1.44. The van der Waals surface area contributed by atoms with E-state index >= 15 is 9.59 Å². The molecular formula is C45H52N2O8Si. The Morgan fingerprint density at radius 3 is 2.16 bits per heavy atom. The van der Waals surface area contributed by atoms with Crippen molar-refractivity contribution in [2.45, 2.75) is 83.5 Å². The van der Waals surface area contributed by atoms with Crippen LogP contribution in [0.3, 0.4) is 0 Å². The van der Waals surface area contributed by atoms with E-state index in [9.17, 15) is 5.11 Å². The van der Waals surface area contributed by atoms with Gasteiger partial charge >= 0.3 is 0 Å². The molecule has 0 amide bonds. The lowest BCUT2D eigenvalue weighted by atomic mass is 9.57. The van der Waals surface area contributed by atoms with E-state index in [0.29, 0.717) is 41.2 Å². The average Bonchev–Trinajstić information content (AvgIpc) is 3.58. The second-order valence-corrected chi connectivity index (χ2v) is 21.5. The number of aliphatic hydroxyl groups is 1. The van der Waals surface area contributed by atoms with Crippen LogP contribution in [-0.4, -0.2) is 61.9 Å². The summed E-state index contributed by atoms with van der Waals surface area (Å²) in [6.07, 6.45) is 4.50. The Bertz CT molecular complexity index is 2200. The maximum Gasteiger partial charge on any atom is 0.265 e. The topological polar surface area (TPSA) is 121 Å². The smallest absolute Gasteiger partial charge is 0.265 e. The van der Waals surface area contributed by atoms with Crippen LogP contribution in [0.15, 0.2) is 82.9 Å². The molecule has 1 fully saturated rings. The summed E-state index contributed by atoms with van der Waals surface area (Å²) in [5, 5.41) is 16.6. The summed E-state index contributed by atoms with van der Waals surface area (Å²) in [7, 11) is 2.50. The predicted octanol–water partition coefficient (Wildman–Crippen LogP) is 9.16. The fourth-order valence-electron chi connectivity index (χ4n) is 8.37. The van der Waals surface area contributed by atoms with Gasteiger partial charge < -0.3 is 28.3 Å². The molecule has 294 valence electrons. The van der Waals surface area contributed by atoms with Gasteiger partial charge in [0.25, 0.3) is 5.88 Å². The lowest BCUT2D eigenvalue weighted by Crippen LogP contribution is -2.68. The first kappa shape index (κ1) is 39.3. The number of Topliss-reactive ketones (excluding diaryl/α,β-unsaturated/α-hetero) is 2. The van der Waals surface area contributed by atoms with Crippen LogP contribution in [-0.2, 0) is 28.9 Å². The van der Waals surface area contributed by atoms with Crippen LogP contribution in [0.1, 0.15) is 84.1 Å². The fraction of sp³-hybridized carbons (Fsp3) is 0.400. The third-order valence-corrected chi connectivity index (χ3v) is 16.5. The van der Waals surface area contributed by atoms with Crippen molar-refractivity contribution in [3.05, 3.63) is 118 Å². The molecule has 1 unspecified atom stereocenters. The molecule has 1 aromatic heterocycles. The number of hydrogen-bond donors (Lipinski definition) is 1. The monoisotopic (exact) mass is 776 g/mol. The number of fused-ring (bicyclic) bond motifs is 4. The summed E-state index contributed by atoms with van der Waals surface area (Å²) in [5.74, 6) is -1.11. The Morgan fingerprint density at radius 1 is 0.964 bits per heavy atom. The third-order valence-electron chi connectivity index (χ3n) is 12.1. The summed E-state index contributed by atoms with van der Waals surface area (Å²) < 4.78 is 32.0. The van der Waals surface area contributed by atoms with E-state index in [1.165, 1.54) is 0 Å². The molecule has 56 heavy (non-hydrogen) atoms. The molecule has 1 saturated carbocycles. The third kappa shape index (κ3) is 6.49. The van der Waals surface area contributed by atoms with Crippen molar-refractivity contribution in [3.8, 4) is 17.4 Å². The van der Waals surface area contributed by atoms with Crippen molar-refractivity contribution >= 4 is 31.7 Å². The largest absolute Gasteiger partial charge is 0.507 e. The number of nitrogens with zero attached hydrogens (tertiary/aromatic N) is 2. The first-order valence-corrected chi connectivity index (χ1v) is 22.1. The van der Waals surface area contributed by atoms with Crippen molar-refractivity contribution in [2.75, 3.05) is 21.2 Å². The number of ketones is 2. The molecule has 0 aliphatic heterocycles. The highest BCUT2D eigenvalue weighted by molar-refractivity contribution is 6.74. The predicted molar refractivity (Wildman–Crippen MR) is 217 cm³/mol. The number of allylic oxidation sites excluding steroid dienone is 1. The van der Waals surface area contributed by atoms with Crippen LogP contribution in [0.5, 0.6) is 17.4 Å². The summed E-state index contributed by atoms with van der Waals surface area (Å²) in [6.45, 7) is 12.6. The van der Waals surface area contributed by atoms with Crippen LogP contribution in [0.25, 0.3) is 11.8 Å². The second kappa shape index (κ2) is 14.8. The molecule has 11 heteroatoms. The van der Waals surface area contributed by atoms with E-state index < -0.39 is 43.4 Å². The Labute approximate surface area is 330 Å². The number of ether oxygens (including phenoxy) is 3. The van der Waals surface area contributed by atoms with Crippen LogP contribution in [0.2, 0.25) is 18.1 Å². The lowest BCUT2D eigenvalue weighted by molar-refractivity contribution is -0.140. The maximum atomic E-state index is 15.9. The molecule has 1 N–H and O–H groups in total. The van der Waals surface area contributed by atoms with Crippen molar-refractivity contribution < 1.29 is 37.9 Å². The molecule has 10 nitrogen and oxygen atoms in total. The zero-order valence-corrected chi connectivity index (χ0v) is 34.8. The number of carbonyl (C=O) groups is 2. The number of aromatic nitrogens is 1. The number of methoxy groups -OCH3 is 1. The van der Waals surface area contributed by atoms with Gasteiger partial charge in [-0.25, -0.2) is 0 Å².